The summed E-state index contributed by atoms with van der Waals surface area (Å²) in [5.41, 5.74) is 1.90. The fraction of sp³-hybridized carbons (Fsp3) is 0.818. The van der Waals surface area contributed by atoms with Gasteiger partial charge in [0.25, 0.3) is 0 Å². The molecule has 2 fully saturated rings. The van der Waals surface area contributed by atoms with Crippen molar-refractivity contribution < 1.29 is 4.63 Å². The smallest absolute Gasteiger partial charge is 0.122 e. The third-order valence-electron chi connectivity index (χ3n) is 3.79. The highest BCUT2D eigenvalue weighted by molar-refractivity contribution is 5.05. The first kappa shape index (κ1) is 10.2. The molecule has 0 amide bonds. The normalized spacial score (nSPS) is 30.6. The first-order valence-electron chi connectivity index (χ1n) is 6.06. The summed E-state index contributed by atoms with van der Waals surface area (Å²) in [4.78, 5) is 2.46. The second kappa shape index (κ2) is 4.14. The Kier molecular flexibility index (Phi) is 2.65. The van der Waals surface area contributed by atoms with Crippen molar-refractivity contribution >= 4 is 0 Å². The predicted octanol–water partition coefficient (Wildman–Crippen LogP) is 0.562. The zero-order valence-electron chi connectivity index (χ0n) is 9.65. The summed E-state index contributed by atoms with van der Waals surface area (Å²) in [6.45, 7) is 6.33. The van der Waals surface area contributed by atoms with Gasteiger partial charge in [-0.3, -0.25) is 4.90 Å². The van der Waals surface area contributed by atoms with Gasteiger partial charge in [0.05, 0.1) is 0 Å². The van der Waals surface area contributed by atoms with Gasteiger partial charge in [0.1, 0.15) is 11.4 Å². The number of aromatic nitrogens is 2. The van der Waals surface area contributed by atoms with E-state index in [1.165, 1.54) is 25.9 Å². The summed E-state index contributed by atoms with van der Waals surface area (Å²) in [5, 5.41) is 11.4. The van der Waals surface area contributed by atoms with Crippen LogP contribution < -0.4 is 5.32 Å². The van der Waals surface area contributed by atoms with Crippen LogP contribution in [-0.4, -0.2) is 40.9 Å². The van der Waals surface area contributed by atoms with E-state index in [0.29, 0.717) is 6.04 Å². The van der Waals surface area contributed by atoms with E-state index in [4.69, 9.17) is 4.63 Å². The summed E-state index contributed by atoms with van der Waals surface area (Å²) < 4.78 is 4.73. The molecule has 2 unspecified atom stereocenters. The molecule has 3 heterocycles. The average molecular weight is 222 g/mol. The van der Waals surface area contributed by atoms with Crippen molar-refractivity contribution in [3.8, 4) is 0 Å². The number of hydrogen-bond acceptors (Lipinski definition) is 5. The summed E-state index contributed by atoms with van der Waals surface area (Å²) in [6, 6.07) is 0.689. The summed E-state index contributed by atoms with van der Waals surface area (Å²) in [7, 11) is 0. The largest absolute Gasteiger partial charge is 0.312 e. The SMILES string of the molecule is Cc1nonc1CN1CC2CCCNC2C1. The Balaban J connectivity index is 1.63. The van der Waals surface area contributed by atoms with Crippen molar-refractivity contribution in [3.05, 3.63) is 11.4 Å². The second-order valence-corrected chi connectivity index (χ2v) is 4.95. The fourth-order valence-corrected chi connectivity index (χ4v) is 2.87. The lowest BCUT2D eigenvalue weighted by Gasteiger charge is -2.24. The van der Waals surface area contributed by atoms with Crippen molar-refractivity contribution in [1.29, 1.82) is 0 Å². The number of fused-ring (bicyclic) bond motifs is 1. The molecule has 0 aromatic carbocycles. The van der Waals surface area contributed by atoms with Crippen LogP contribution in [0.2, 0.25) is 0 Å². The molecule has 0 spiro atoms. The van der Waals surface area contributed by atoms with E-state index in [2.05, 4.69) is 20.5 Å². The minimum absolute atomic E-state index is 0.689. The van der Waals surface area contributed by atoms with Crippen molar-refractivity contribution in [1.82, 2.24) is 20.5 Å². The van der Waals surface area contributed by atoms with E-state index in [-0.39, 0.29) is 0 Å². The third-order valence-corrected chi connectivity index (χ3v) is 3.79. The van der Waals surface area contributed by atoms with Gasteiger partial charge < -0.3 is 5.32 Å². The van der Waals surface area contributed by atoms with Crippen LogP contribution in [0.5, 0.6) is 0 Å². The van der Waals surface area contributed by atoms with Crippen LogP contribution in [0.1, 0.15) is 24.2 Å². The van der Waals surface area contributed by atoms with E-state index >= 15 is 0 Å². The molecule has 1 aromatic rings. The van der Waals surface area contributed by atoms with Crippen LogP contribution in [0.15, 0.2) is 4.63 Å². The van der Waals surface area contributed by atoms with Crippen LogP contribution in [0.4, 0.5) is 0 Å². The van der Waals surface area contributed by atoms with Crippen LogP contribution in [-0.2, 0) is 6.54 Å². The highest BCUT2D eigenvalue weighted by Crippen LogP contribution is 2.25. The predicted molar refractivity (Wildman–Crippen MR) is 58.8 cm³/mol. The minimum Gasteiger partial charge on any atom is -0.312 e. The zero-order valence-corrected chi connectivity index (χ0v) is 9.65. The standard InChI is InChI=1S/C11H18N4O/c1-8-10(14-16-13-8)6-15-5-9-3-2-4-12-11(9)7-15/h9,11-12H,2-7H2,1H3. The Labute approximate surface area is 95.2 Å². The summed E-state index contributed by atoms with van der Waals surface area (Å²) in [5.74, 6) is 0.828. The minimum atomic E-state index is 0.689. The lowest BCUT2D eigenvalue weighted by atomic mass is 9.94. The molecule has 16 heavy (non-hydrogen) atoms. The lowest BCUT2D eigenvalue weighted by Crippen LogP contribution is -2.40. The second-order valence-electron chi connectivity index (χ2n) is 4.95. The average Bonchev–Trinajstić information content (AvgIpc) is 2.85. The Bertz CT molecular complexity index is 351. The van der Waals surface area contributed by atoms with E-state index in [9.17, 15) is 0 Å². The van der Waals surface area contributed by atoms with E-state index in [1.807, 2.05) is 6.92 Å². The molecule has 5 heteroatoms. The molecular weight excluding hydrogens is 204 g/mol. The molecule has 5 nitrogen and oxygen atoms in total. The molecule has 88 valence electrons. The first-order valence-corrected chi connectivity index (χ1v) is 6.06. The van der Waals surface area contributed by atoms with Crippen molar-refractivity contribution in [3.63, 3.8) is 0 Å². The maximum atomic E-state index is 4.73. The van der Waals surface area contributed by atoms with Gasteiger partial charge in [-0.25, -0.2) is 4.63 Å². The number of nitrogens with one attached hydrogen (secondary N) is 1. The van der Waals surface area contributed by atoms with Gasteiger partial charge in [0.15, 0.2) is 0 Å². The van der Waals surface area contributed by atoms with Gasteiger partial charge in [0, 0.05) is 25.7 Å². The molecule has 3 rings (SSSR count). The molecule has 2 saturated heterocycles. The number of likely N-dealkylation sites (tertiary alicyclic amines) is 1. The number of piperidine rings is 1. The highest BCUT2D eigenvalue weighted by atomic mass is 16.6. The summed E-state index contributed by atoms with van der Waals surface area (Å²) in [6.07, 6.45) is 2.68. The molecule has 0 saturated carbocycles. The van der Waals surface area contributed by atoms with Gasteiger partial charge in [-0.1, -0.05) is 10.3 Å². The van der Waals surface area contributed by atoms with Crippen molar-refractivity contribution in [2.45, 2.75) is 32.4 Å². The molecule has 2 atom stereocenters. The Morgan fingerprint density at radius 3 is 3.12 bits per heavy atom. The van der Waals surface area contributed by atoms with E-state index in [0.717, 1.165) is 30.4 Å². The van der Waals surface area contributed by atoms with Gasteiger partial charge >= 0.3 is 0 Å². The number of aryl methyl sites for hydroxylation is 1. The van der Waals surface area contributed by atoms with Crippen molar-refractivity contribution in [2.75, 3.05) is 19.6 Å². The van der Waals surface area contributed by atoms with Gasteiger partial charge in [0.2, 0.25) is 0 Å². The molecule has 2 aliphatic heterocycles. The molecule has 0 bridgehead atoms. The molecule has 1 N–H and O–H groups in total. The maximum absolute atomic E-state index is 4.73. The monoisotopic (exact) mass is 222 g/mol. The molecule has 0 aliphatic carbocycles. The van der Waals surface area contributed by atoms with Gasteiger partial charge in [-0.2, -0.15) is 0 Å². The van der Waals surface area contributed by atoms with Gasteiger partial charge in [-0.05, 0) is 32.2 Å². The maximum Gasteiger partial charge on any atom is 0.122 e. The Morgan fingerprint density at radius 2 is 2.38 bits per heavy atom. The van der Waals surface area contributed by atoms with E-state index < -0.39 is 0 Å². The van der Waals surface area contributed by atoms with Crippen LogP contribution in [0.3, 0.4) is 0 Å². The van der Waals surface area contributed by atoms with Crippen LogP contribution >= 0.6 is 0 Å². The Hall–Kier alpha value is -0.940. The van der Waals surface area contributed by atoms with Crippen LogP contribution in [0, 0.1) is 12.8 Å². The number of rotatable bonds is 2. The highest BCUT2D eigenvalue weighted by Gasteiger charge is 2.34. The molecular formula is C11H18N4O. The molecule has 1 aromatic heterocycles. The number of nitrogens with zero attached hydrogens (tertiary/aromatic N) is 3. The number of hydrogen-bond donors (Lipinski definition) is 1. The summed E-state index contributed by atoms with van der Waals surface area (Å²) >= 11 is 0. The third kappa shape index (κ3) is 1.85. The fourth-order valence-electron chi connectivity index (χ4n) is 2.87. The first-order chi connectivity index (χ1) is 7.83. The van der Waals surface area contributed by atoms with Gasteiger partial charge in [-0.15, -0.1) is 0 Å². The lowest BCUT2D eigenvalue weighted by molar-refractivity contribution is 0.278. The Morgan fingerprint density at radius 1 is 1.44 bits per heavy atom. The van der Waals surface area contributed by atoms with Crippen LogP contribution in [0.25, 0.3) is 0 Å². The van der Waals surface area contributed by atoms with Crippen molar-refractivity contribution in [2.24, 2.45) is 5.92 Å². The van der Waals surface area contributed by atoms with E-state index in [1.54, 1.807) is 0 Å². The zero-order chi connectivity index (χ0) is 11.0. The molecule has 2 aliphatic rings. The molecule has 0 radical (unpaired) electrons. The topological polar surface area (TPSA) is 54.2 Å². The quantitative estimate of drug-likeness (QED) is 0.792.